The molecule has 0 saturated carbocycles. The molecule has 6 nitrogen and oxygen atoms in total. The monoisotopic (exact) mass is 1660 g/mol. The predicted octanol–water partition coefficient (Wildman–Crippen LogP) is 35.2. The maximum Gasteiger partial charge on any atom is 0.0464 e. The molecule has 0 N–H and O–H groups in total. The highest BCUT2D eigenvalue weighted by atomic mass is 15.2. The number of hydrogen-bond acceptors (Lipinski definition) is 6. The van der Waals surface area contributed by atoms with Gasteiger partial charge in [0.1, 0.15) is 0 Å². The van der Waals surface area contributed by atoms with Crippen molar-refractivity contribution >= 4 is 102 Å². The molecule has 0 amide bonds. The Morgan fingerprint density at radius 3 is 0.344 bits per heavy atom. The predicted molar refractivity (Wildman–Crippen MR) is 548 cm³/mol. The zero-order chi connectivity index (χ0) is 88.4. The van der Waals surface area contributed by atoms with Crippen molar-refractivity contribution in [3.05, 3.63) is 478 Å². The molecule has 0 atom stereocenters. The van der Waals surface area contributed by atoms with Gasteiger partial charge >= 0.3 is 0 Å². The van der Waals surface area contributed by atoms with E-state index in [0.717, 1.165) is 102 Å². The number of nitrogens with zero attached hydrogens (tertiary/aromatic N) is 6. The number of hydrogen-bond donors (Lipinski definition) is 0. The smallest absolute Gasteiger partial charge is 0.0464 e. The normalized spacial score (nSPS) is 11.2. The van der Waals surface area contributed by atoms with Crippen LogP contribution in [0.4, 0.5) is 102 Å². The summed E-state index contributed by atoms with van der Waals surface area (Å²) >= 11 is 0. The van der Waals surface area contributed by atoms with Crippen molar-refractivity contribution in [3.63, 3.8) is 0 Å². The van der Waals surface area contributed by atoms with Gasteiger partial charge in [0.05, 0.1) is 0 Å². The average molecular weight is 1660 g/mol. The summed E-state index contributed by atoms with van der Waals surface area (Å²) in [7, 11) is 0. The second-order valence-electron chi connectivity index (χ2n) is 34.7. The van der Waals surface area contributed by atoms with Crippen molar-refractivity contribution < 1.29 is 0 Å². The molecule has 0 radical (unpaired) electrons. The van der Waals surface area contributed by atoms with Gasteiger partial charge in [0.15, 0.2) is 0 Å². The molecule has 0 aliphatic carbocycles. The molecule has 18 rings (SSSR count). The van der Waals surface area contributed by atoms with E-state index in [1.807, 2.05) is 0 Å². The standard InChI is InChI=1S/C122H108N6/c1-81-31-27-43-99(67-81)123(95-35-19-15-20-36-95)103-47-57-113(85(5)71-103)117-61-51-107(75-89(117)9)127(108-52-62-118(90(10)76-108)114-58-48-104(72-86(114)6)124(96-37-21-16-22-38-96)100-44-28-32-82(2)68-100)111-55-65-121(93(13)79-111)122-66-56-112(80-94(122)14)128(109-53-63-119(91(11)77-109)115-59-49-105(73-87(115)7)125(97-39-23-17-24-40-97)101-45-29-33-83(3)69-101)110-54-64-120(92(12)78-110)116-60-50-106(74-88(116)8)126(98-41-25-18-26-42-98)102-46-30-34-84(4)70-102/h15-80H,1-14H3. The zero-order valence-corrected chi connectivity index (χ0v) is 75.8. The Kier molecular flexibility index (Phi) is 23.6. The van der Waals surface area contributed by atoms with Crippen LogP contribution in [-0.2, 0) is 0 Å². The SMILES string of the molecule is Cc1cccc(N(c2ccccc2)c2ccc(-c3ccc(N(c4ccc(-c5ccc(N(c6ccccc6)c6cccc(C)c6)cc5C)c(C)c4)c4ccc(-c5ccc(N(c6ccc(-c7ccc(N(c8ccccc8)c8cccc(C)c8)cc7C)c(C)c6)c6ccc(-c7ccc(N(c8ccccc8)c8cccc(C)c8)cc7C)c(C)c6)cc5C)c(C)c4)cc3C)c(C)c2)c1. The first kappa shape index (κ1) is 83.6. The molecule has 0 aliphatic heterocycles. The summed E-state index contributed by atoms with van der Waals surface area (Å²) in [4.78, 5) is 14.3. The third-order valence-corrected chi connectivity index (χ3v) is 25.2. The fraction of sp³-hybridized carbons (Fsp3) is 0.115. The minimum Gasteiger partial charge on any atom is -0.310 e. The summed E-state index contributed by atoms with van der Waals surface area (Å²) in [6, 6.07) is 148. The lowest BCUT2D eigenvalue weighted by Crippen LogP contribution is -2.12. The van der Waals surface area contributed by atoms with Gasteiger partial charge in [0, 0.05) is 102 Å². The van der Waals surface area contributed by atoms with E-state index in [1.54, 1.807) is 0 Å². The van der Waals surface area contributed by atoms with Crippen LogP contribution in [0.2, 0.25) is 0 Å². The first-order valence-corrected chi connectivity index (χ1v) is 44.6. The summed E-state index contributed by atoms with van der Waals surface area (Å²) < 4.78 is 0. The average Bonchev–Trinajstić information content (AvgIpc) is 0.763. The van der Waals surface area contributed by atoms with Gasteiger partial charge in [-0.2, -0.15) is 0 Å². The molecule has 0 unspecified atom stereocenters. The Morgan fingerprint density at radius 1 is 0.102 bits per heavy atom. The summed E-state index contributed by atoms with van der Waals surface area (Å²) in [6.07, 6.45) is 0. The number of anilines is 18. The third kappa shape index (κ3) is 17.2. The second kappa shape index (κ2) is 36.1. The highest BCUT2D eigenvalue weighted by Gasteiger charge is 2.26. The van der Waals surface area contributed by atoms with Gasteiger partial charge in [-0.1, -0.05) is 182 Å². The molecule has 0 aliphatic rings. The van der Waals surface area contributed by atoms with Gasteiger partial charge in [0.25, 0.3) is 0 Å². The Hall–Kier alpha value is -15.2. The summed E-state index contributed by atoms with van der Waals surface area (Å²) in [5.74, 6) is 0. The molecular formula is C122H108N6. The zero-order valence-electron chi connectivity index (χ0n) is 75.8. The van der Waals surface area contributed by atoms with Crippen LogP contribution in [0.3, 0.4) is 0 Å². The maximum absolute atomic E-state index is 2.45. The number of benzene rings is 18. The molecule has 18 aromatic carbocycles. The van der Waals surface area contributed by atoms with Gasteiger partial charge in [-0.15, -0.1) is 0 Å². The molecule has 0 saturated heterocycles. The quantitative estimate of drug-likeness (QED) is 0.0631. The van der Waals surface area contributed by atoms with E-state index < -0.39 is 0 Å². The second-order valence-corrected chi connectivity index (χ2v) is 34.7. The lowest BCUT2D eigenvalue weighted by atomic mass is 9.93. The van der Waals surface area contributed by atoms with E-state index >= 15 is 0 Å². The molecule has 626 valence electrons. The fourth-order valence-corrected chi connectivity index (χ4v) is 19.0. The van der Waals surface area contributed by atoms with Gasteiger partial charge in [-0.05, 0) is 449 Å². The number of rotatable bonds is 23. The van der Waals surface area contributed by atoms with Crippen molar-refractivity contribution in [1.82, 2.24) is 0 Å². The minimum absolute atomic E-state index is 1.07. The molecule has 18 aromatic rings. The highest BCUT2D eigenvalue weighted by Crippen LogP contribution is 2.49. The van der Waals surface area contributed by atoms with Crippen LogP contribution in [0.15, 0.2) is 400 Å². The van der Waals surface area contributed by atoms with Crippen molar-refractivity contribution in [1.29, 1.82) is 0 Å². The van der Waals surface area contributed by atoms with Crippen LogP contribution >= 0.6 is 0 Å². The summed E-state index contributed by atoms with van der Waals surface area (Å²) in [5, 5.41) is 0. The van der Waals surface area contributed by atoms with E-state index in [4.69, 9.17) is 0 Å². The van der Waals surface area contributed by atoms with E-state index in [9.17, 15) is 0 Å². The Balaban J connectivity index is 0.710. The van der Waals surface area contributed by atoms with Crippen LogP contribution in [0, 0.1) is 96.9 Å². The van der Waals surface area contributed by atoms with Crippen LogP contribution < -0.4 is 29.4 Å². The van der Waals surface area contributed by atoms with Crippen LogP contribution in [-0.4, -0.2) is 0 Å². The van der Waals surface area contributed by atoms with Crippen molar-refractivity contribution in [3.8, 4) is 55.6 Å². The Labute approximate surface area is 757 Å². The van der Waals surface area contributed by atoms with Crippen LogP contribution in [0.5, 0.6) is 0 Å². The van der Waals surface area contributed by atoms with Crippen molar-refractivity contribution in [2.75, 3.05) is 29.4 Å². The molecule has 128 heavy (non-hydrogen) atoms. The third-order valence-electron chi connectivity index (χ3n) is 25.2. The van der Waals surface area contributed by atoms with Gasteiger partial charge in [-0.25, -0.2) is 0 Å². The molecule has 0 bridgehead atoms. The van der Waals surface area contributed by atoms with E-state index in [-0.39, 0.29) is 0 Å². The number of aryl methyl sites for hydroxylation is 14. The fourth-order valence-electron chi connectivity index (χ4n) is 19.0. The molecule has 0 heterocycles. The molecular weight excluding hydrogens is 1550 g/mol. The van der Waals surface area contributed by atoms with E-state index in [0.29, 0.717) is 0 Å². The highest BCUT2D eigenvalue weighted by molar-refractivity contribution is 5.92. The number of para-hydroxylation sites is 4. The minimum atomic E-state index is 1.07. The van der Waals surface area contributed by atoms with Gasteiger partial charge < -0.3 is 29.4 Å². The Morgan fingerprint density at radius 2 is 0.219 bits per heavy atom. The molecule has 0 spiro atoms. The van der Waals surface area contributed by atoms with E-state index in [1.165, 1.54) is 134 Å². The first-order valence-electron chi connectivity index (χ1n) is 44.6. The van der Waals surface area contributed by atoms with Gasteiger partial charge in [0.2, 0.25) is 0 Å². The summed E-state index contributed by atoms with van der Waals surface area (Å²) in [6.45, 7) is 31.3. The van der Waals surface area contributed by atoms with Crippen LogP contribution in [0.1, 0.15) is 77.9 Å². The first-order chi connectivity index (χ1) is 62.2. The lowest BCUT2D eigenvalue weighted by Gasteiger charge is -2.29. The van der Waals surface area contributed by atoms with Crippen molar-refractivity contribution in [2.24, 2.45) is 0 Å². The summed E-state index contributed by atoms with van der Waals surface area (Å²) in [5.41, 5.74) is 48.7. The topological polar surface area (TPSA) is 19.4 Å². The molecule has 0 fully saturated rings. The van der Waals surface area contributed by atoms with Crippen LogP contribution in [0.25, 0.3) is 55.6 Å². The van der Waals surface area contributed by atoms with E-state index in [2.05, 4.69) is 527 Å². The molecule has 6 heteroatoms. The Bertz CT molecular complexity index is 6350. The van der Waals surface area contributed by atoms with Crippen molar-refractivity contribution in [2.45, 2.75) is 96.9 Å². The largest absolute Gasteiger partial charge is 0.310 e. The lowest BCUT2D eigenvalue weighted by molar-refractivity contribution is 1.24. The van der Waals surface area contributed by atoms with Gasteiger partial charge in [-0.3, -0.25) is 0 Å². The maximum atomic E-state index is 2.45. The molecule has 0 aromatic heterocycles.